The highest BCUT2D eigenvalue weighted by molar-refractivity contribution is 5.99. The Morgan fingerprint density at radius 3 is 2.38 bits per heavy atom. The molecule has 0 unspecified atom stereocenters. The molecule has 0 saturated carbocycles. The van der Waals surface area contributed by atoms with Gasteiger partial charge in [-0.15, -0.1) is 0 Å². The predicted molar refractivity (Wildman–Crippen MR) is 128 cm³/mol. The molecule has 0 fully saturated rings. The fourth-order valence-corrected chi connectivity index (χ4v) is 4.16. The minimum absolute atomic E-state index is 0.0938. The number of nitriles is 1. The van der Waals surface area contributed by atoms with Gasteiger partial charge in [0.1, 0.15) is 11.2 Å². The summed E-state index contributed by atoms with van der Waals surface area (Å²) in [5, 5.41) is 10.4. The molecule has 32 heavy (non-hydrogen) atoms. The van der Waals surface area contributed by atoms with Gasteiger partial charge in [-0.3, -0.25) is 4.79 Å². The van der Waals surface area contributed by atoms with Gasteiger partial charge in [0.05, 0.1) is 11.6 Å². The number of nitrogens with zero attached hydrogens (tertiary/aromatic N) is 3. The van der Waals surface area contributed by atoms with Crippen LogP contribution in [0, 0.1) is 11.3 Å². The molecule has 3 aromatic carbocycles. The van der Waals surface area contributed by atoms with Crippen molar-refractivity contribution in [2.75, 3.05) is 18.0 Å². The van der Waals surface area contributed by atoms with E-state index in [-0.39, 0.29) is 5.43 Å². The van der Waals surface area contributed by atoms with E-state index in [1.165, 1.54) is 6.07 Å². The van der Waals surface area contributed by atoms with Gasteiger partial charge in [0.15, 0.2) is 16.8 Å². The molecule has 5 heteroatoms. The first-order chi connectivity index (χ1) is 15.6. The Labute approximate surface area is 185 Å². The number of rotatable bonds is 4. The second-order valence-corrected chi connectivity index (χ2v) is 7.71. The van der Waals surface area contributed by atoms with Crippen molar-refractivity contribution in [3.8, 4) is 28.7 Å². The highest BCUT2D eigenvalue weighted by Gasteiger charge is 2.17. The number of anilines is 1. The van der Waals surface area contributed by atoms with E-state index in [1.807, 2.05) is 42.5 Å². The zero-order valence-electron chi connectivity index (χ0n) is 17.9. The molecular weight excluding hydrogens is 398 g/mol. The average molecular weight is 419 g/mol. The van der Waals surface area contributed by atoms with E-state index < -0.39 is 0 Å². The van der Waals surface area contributed by atoms with Crippen LogP contribution >= 0.6 is 0 Å². The van der Waals surface area contributed by atoms with E-state index in [1.54, 1.807) is 12.1 Å². The highest BCUT2D eigenvalue weighted by Crippen LogP contribution is 2.34. The molecule has 1 heterocycles. The summed E-state index contributed by atoms with van der Waals surface area (Å²) in [6, 6.07) is 22.8. The molecule has 0 amide bonds. The summed E-state index contributed by atoms with van der Waals surface area (Å²) < 4.78 is 6.17. The van der Waals surface area contributed by atoms with E-state index in [0.717, 1.165) is 40.8 Å². The van der Waals surface area contributed by atoms with Crippen LogP contribution in [0.25, 0.3) is 44.5 Å². The SMILES string of the molecule is CCN(CC)c1ccc2nc3c4cc(-c5ccc(C#N)cc5)ccc4c(=O)cc-3oc2c1. The van der Waals surface area contributed by atoms with Crippen molar-refractivity contribution in [1.29, 1.82) is 5.26 Å². The molecule has 156 valence electrons. The zero-order chi connectivity index (χ0) is 22.2. The third-order valence-electron chi connectivity index (χ3n) is 5.91. The fourth-order valence-electron chi connectivity index (χ4n) is 4.16. The van der Waals surface area contributed by atoms with Crippen LogP contribution in [0.1, 0.15) is 19.4 Å². The van der Waals surface area contributed by atoms with E-state index in [2.05, 4.69) is 30.9 Å². The van der Waals surface area contributed by atoms with Crippen molar-refractivity contribution < 1.29 is 4.42 Å². The highest BCUT2D eigenvalue weighted by atomic mass is 16.3. The minimum Gasteiger partial charge on any atom is -0.453 e. The quantitative estimate of drug-likeness (QED) is 0.271. The number of hydrogen-bond donors (Lipinski definition) is 0. The predicted octanol–water partition coefficient (Wildman–Crippen LogP) is 5.83. The van der Waals surface area contributed by atoms with Crippen molar-refractivity contribution in [3.63, 3.8) is 0 Å². The Bertz CT molecular complexity index is 1520. The molecule has 0 N–H and O–H groups in total. The van der Waals surface area contributed by atoms with E-state index in [9.17, 15) is 4.79 Å². The summed E-state index contributed by atoms with van der Waals surface area (Å²) in [4.78, 5) is 19.9. The Kier molecular flexibility index (Phi) is 4.84. The van der Waals surface area contributed by atoms with Gasteiger partial charge >= 0.3 is 0 Å². The summed E-state index contributed by atoms with van der Waals surface area (Å²) in [7, 11) is 0. The molecule has 0 spiro atoms. The molecule has 3 aromatic rings. The van der Waals surface area contributed by atoms with E-state index >= 15 is 0 Å². The van der Waals surface area contributed by atoms with Gasteiger partial charge in [-0.25, -0.2) is 4.98 Å². The van der Waals surface area contributed by atoms with Crippen LogP contribution in [0.5, 0.6) is 0 Å². The van der Waals surface area contributed by atoms with Crippen LogP contribution in [0.2, 0.25) is 0 Å². The summed E-state index contributed by atoms with van der Waals surface area (Å²) in [5.74, 6) is 0.476. The smallest absolute Gasteiger partial charge is 0.190 e. The second-order valence-electron chi connectivity index (χ2n) is 7.71. The summed E-state index contributed by atoms with van der Waals surface area (Å²) in [5.41, 5.74) is 5.57. The van der Waals surface area contributed by atoms with Gasteiger partial charge in [-0.1, -0.05) is 18.2 Å². The topological polar surface area (TPSA) is 70.1 Å². The Morgan fingerprint density at radius 1 is 0.906 bits per heavy atom. The molecule has 0 aromatic heterocycles. The molecule has 0 atom stereocenters. The lowest BCUT2D eigenvalue weighted by molar-refractivity contribution is 0.613. The van der Waals surface area contributed by atoms with Crippen molar-refractivity contribution >= 4 is 27.6 Å². The van der Waals surface area contributed by atoms with Crippen LogP contribution < -0.4 is 10.3 Å². The molecule has 0 radical (unpaired) electrons. The van der Waals surface area contributed by atoms with Crippen LogP contribution in [0.3, 0.4) is 0 Å². The molecular formula is C27H21N3O2. The average Bonchev–Trinajstić information content (AvgIpc) is 2.83. The van der Waals surface area contributed by atoms with Gasteiger partial charge in [-0.05, 0) is 61.4 Å². The molecule has 2 aliphatic rings. The molecule has 1 aliphatic heterocycles. The third kappa shape index (κ3) is 3.27. The van der Waals surface area contributed by atoms with Gasteiger partial charge in [0, 0.05) is 41.7 Å². The van der Waals surface area contributed by atoms with Crippen LogP contribution in [0.4, 0.5) is 5.69 Å². The van der Waals surface area contributed by atoms with Crippen LogP contribution in [-0.2, 0) is 0 Å². The van der Waals surface area contributed by atoms with E-state index in [0.29, 0.717) is 28.0 Å². The van der Waals surface area contributed by atoms with Crippen molar-refractivity contribution in [3.05, 3.63) is 82.5 Å². The van der Waals surface area contributed by atoms with Crippen molar-refractivity contribution in [1.82, 2.24) is 4.98 Å². The lowest BCUT2D eigenvalue weighted by atomic mass is 9.98. The first kappa shape index (κ1) is 19.8. The number of fused-ring (bicyclic) bond motifs is 4. The lowest BCUT2D eigenvalue weighted by Gasteiger charge is -2.21. The molecule has 5 nitrogen and oxygen atoms in total. The van der Waals surface area contributed by atoms with E-state index in [4.69, 9.17) is 14.7 Å². The summed E-state index contributed by atoms with van der Waals surface area (Å²) >= 11 is 0. The van der Waals surface area contributed by atoms with Crippen molar-refractivity contribution in [2.24, 2.45) is 0 Å². The van der Waals surface area contributed by atoms with Gasteiger partial charge in [-0.2, -0.15) is 5.26 Å². The maximum absolute atomic E-state index is 12.8. The number of benzene rings is 4. The second kappa shape index (κ2) is 7.82. The zero-order valence-corrected chi connectivity index (χ0v) is 17.9. The maximum atomic E-state index is 12.8. The third-order valence-corrected chi connectivity index (χ3v) is 5.91. The Balaban J connectivity index is 1.72. The lowest BCUT2D eigenvalue weighted by Crippen LogP contribution is -2.21. The van der Waals surface area contributed by atoms with Gasteiger partial charge in [0.2, 0.25) is 0 Å². The monoisotopic (exact) mass is 419 g/mol. The van der Waals surface area contributed by atoms with Crippen LogP contribution in [0.15, 0.2) is 75.9 Å². The first-order valence-electron chi connectivity index (χ1n) is 10.7. The standard InChI is InChI=1S/C27H21N3O2/c1-3-30(4-2)20-10-12-23-25(14-20)32-26-15-24(31)21-11-9-19(13-22(21)27(26)29-23)18-7-5-17(16-28)6-8-18/h5-15H,3-4H2,1-2H3. The summed E-state index contributed by atoms with van der Waals surface area (Å²) in [6.45, 7) is 6.03. The molecule has 5 rings (SSSR count). The maximum Gasteiger partial charge on any atom is 0.190 e. The minimum atomic E-state index is -0.0938. The summed E-state index contributed by atoms with van der Waals surface area (Å²) in [6.07, 6.45) is 0. The largest absolute Gasteiger partial charge is 0.453 e. The van der Waals surface area contributed by atoms with Crippen LogP contribution in [-0.4, -0.2) is 18.1 Å². The first-order valence-corrected chi connectivity index (χ1v) is 10.7. The Morgan fingerprint density at radius 2 is 1.66 bits per heavy atom. The van der Waals surface area contributed by atoms with Gasteiger partial charge in [0.25, 0.3) is 0 Å². The normalized spacial score (nSPS) is 11.2. The molecule has 0 saturated heterocycles. The van der Waals surface area contributed by atoms with Gasteiger partial charge < -0.3 is 9.32 Å². The number of aromatic nitrogens is 1. The van der Waals surface area contributed by atoms with Crippen molar-refractivity contribution in [2.45, 2.75) is 13.8 Å². The number of hydrogen-bond acceptors (Lipinski definition) is 5. The molecule has 0 bridgehead atoms. The fraction of sp³-hybridized carbons (Fsp3) is 0.148. The molecule has 1 aliphatic carbocycles. The Hall–Kier alpha value is -4.17.